The van der Waals surface area contributed by atoms with E-state index in [1.807, 2.05) is 0 Å². The van der Waals surface area contributed by atoms with Crippen LogP contribution in [0.4, 0.5) is 0 Å². The third-order valence-electron chi connectivity index (χ3n) is 9.20. The van der Waals surface area contributed by atoms with Crippen molar-refractivity contribution in [1.29, 1.82) is 0 Å². The minimum Gasteiger partial charge on any atom is -0.545 e. The average molecular weight is 872 g/mol. The second-order valence-electron chi connectivity index (χ2n) is 14.2. The number of esters is 2. The van der Waals surface area contributed by atoms with E-state index in [4.69, 9.17) is 9.47 Å². The third kappa shape index (κ3) is 55.4. The Labute approximate surface area is 365 Å². The Morgan fingerprint density at radius 1 is 0.340 bits per heavy atom. The van der Waals surface area contributed by atoms with Gasteiger partial charge in [-0.05, 0) is 25.0 Å². The molecule has 0 rings (SSSR count). The summed E-state index contributed by atoms with van der Waals surface area (Å²) in [4.78, 5) is 42.5. The van der Waals surface area contributed by atoms with Crippen molar-refractivity contribution in [2.24, 2.45) is 0 Å². The van der Waals surface area contributed by atoms with E-state index in [0.29, 0.717) is 25.4 Å². The summed E-state index contributed by atoms with van der Waals surface area (Å²) in [7, 11) is 0. The molecule has 0 spiro atoms. The summed E-state index contributed by atoms with van der Waals surface area (Å²) in [6.45, 7) is 5.24. The van der Waals surface area contributed by atoms with Crippen molar-refractivity contribution in [2.45, 2.75) is 219 Å². The standard InChI is InChI=1S/2C22H40O4.Ba/c2*1-2-3-4-5-6-7-8-9-10-11-12-13-14-15-16-17-20-26-22(25)19-18-21(23)24;/h2*18-19H,2-17,20H2,1H3,(H,23,24);/q;;+2/p-2/b2*19-18-;. The van der Waals surface area contributed by atoms with Crippen molar-refractivity contribution < 1.29 is 38.9 Å². The second-order valence-corrected chi connectivity index (χ2v) is 14.2. The Morgan fingerprint density at radius 2 is 0.528 bits per heavy atom. The summed E-state index contributed by atoms with van der Waals surface area (Å²) < 4.78 is 9.79. The predicted octanol–water partition coefficient (Wildman–Crippen LogP) is 9.81. The molecular weight excluding hydrogens is 794 g/mol. The summed E-state index contributed by atoms with van der Waals surface area (Å²) in [5, 5.41) is 20.3. The normalized spacial score (nSPS) is 10.9. The minimum atomic E-state index is -1.38. The molecule has 0 saturated heterocycles. The van der Waals surface area contributed by atoms with E-state index in [0.717, 1.165) is 37.8 Å². The average Bonchev–Trinajstić information content (AvgIpc) is 3.12. The summed E-state index contributed by atoms with van der Waals surface area (Å²) in [5.74, 6) is -4.00. The zero-order chi connectivity index (χ0) is 38.6. The molecule has 0 aliphatic rings. The fourth-order valence-corrected chi connectivity index (χ4v) is 6.01. The zero-order valence-corrected chi connectivity index (χ0v) is 38.8. The molecule has 0 bridgehead atoms. The molecule has 0 aliphatic heterocycles. The number of unbranched alkanes of at least 4 members (excludes halogenated alkanes) is 30. The zero-order valence-electron chi connectivity index (χ0n) is 34.3. The maximum absolute atomic E-state index is 11.1. The monoisotopic (exact) mass is 872 g/mol. The maximum atomic E-state index is 11.1. The van der Waals surface area contributed by atoms with Crippen molar-refractivity contribution in [3.63, 3.8) is 0 Å². The van der Waals surface area contributed by atoms with Crippen molar-refractivity contribution in [3.8, 4) is 0 Å². The fourth-order valence-electron chi connectivity index (χ4n) is 6.01. The van der Waals surface area contributed by atoms with Crippen LogP contribution in [0.25, 0.3) is 0 Å². The van der Waals surface area contributed by atoms with Crippen LogP contribution in [-0.4, -0.2) is 86.0 Å². The molecule has 0 heterocycles. The largest absolute Gasteiger partial charge is 2.00 e. The first-order valence-corrected chi connectivity index (χ1v) is 21.4. The molecule has 0 unspecified atom stereocenters. The molecule has 53 heavy (non-hydrogen) atoms. The van der Waals surface area contributed by atoms with Gasteiger partial charge in [-0.3, -0.25) is 0 Å². The maximum Gasteiger partial charge on any atom is 2.00 e. The van der Waals surface area contributed by atoms with Crippen LogP contribution in [0.15, 0.2) is 24.3 Å². The van der Waals surface area contributed by atoms with Crippen LogP contribution in [0.1, 0.15) is 219 Å². The van der Waals surface area contributed by atoms with E-state index in [1.165, 1.54) is 180 Å². The molecule has 304 valence electrons. The molecule has 0 aromatic carbocycles. The van der Waals surface area contributed by atoms with Crippen LogP contribution in [0.5, 0.6) is 0 Å². The number of carboxylic acids is 2. The van der Waals surface area contributed by atoms with Gasteiger partial charge in [-0.15, -0.1) is 0 Å². The molecule has 0 aromatic heterocycles. The quantitative estimate of drug-likeness (QED) is 0.0259. The van der Waals surface area contributed by atoms with Gasteiger partial charge in [-0.1, -0.05) is 206 Å². The molecular formula is C44H78BaO8. The van der Waals surface area contributed by atoms with Crippen LogP contribution < -0.4 is 10.2 Å². The summed E-state index contributed by atoms with van der Waals surface area (Å²) >= 11 is 0. The smallest absolute Gasteiger partial charge is 0.545 e. The first-order chi connectivity index (χ1) is 25.3. The topological polar surface area (TPSA) is 133 Å². The molecule has 0 saturated carbocycles. The summed E-state index contributed by atoms with van der Waals surface area (Å²) in [6.07, 6.45) is 44.9. The molecule has 0 fully saturated rings. The fraction of sp³-hybridized carbons (Fsp3) is 0.818. The van der Waals surface area contributed by atoms with E-state index in [2.05, 4.69) is 13.8 Å². The van der Waals surface area contributed by atoms with E-state index in [9.17, 15) is 29.4 Å². The predicted molar refractivity (Wildman–Crippen MR) is 215 cm³/mol. The Balaban J connectivity index is -0.000000926. The van der Waals surface area contributed by atoms with Crippen LogP contribution in [-0.2, 0) is 28.7 Å². The van der Waals surface area contributed by atoms with Crippen molar-refractivity contribution >= 4 is 72.8 Å². The first-order valence-electron chi connectivity index (χ1n) is 21.4. The number of carbonyl (C=O) groups is 4. The molecule has 0 radical (unpaired) electrons. The van der Waals surface area contributed by atoms with Gasteiger partial charge >= 0.3 is 60.8 Å². The Hall–Kier alpha value is -1.07. The van der Waals surface area contributed by atoms with Gasteiger partial charge in [0.05, 0.1) is 25.2 Å². The van der Waals surface area contributed by atoms with Gasteiger partial charge in [0.2, 0.25) is 0 Å². The molecule has 8 nitrogen and oxygen atoms in total. The number of carboxylic acid groups (broad SMARTS) is 2. The van der Waals surface area contributed by atoms with E-state index >= 15 is 0 Å². The van der Waals surface area contributed by atoms with E-state index < -0.39 is 23.9 Å². The van der Waals surface area contributed by atoms with Gasteiger partial charge in [0.25, 0.3) is 0 Å². The molecule has 0 aliphatic carbocycles. The number of carbonyl (C=O) groups excluding carboxylic acids is 4. The first kappa shape index (κ1) is 56.3. The Morgan fingerprint density at radius 3 is 0.717 bits per heavy atom. The summed E-state index contributed by atoms with van der Waals surface area (Å²) in [5.41, 5.74) is 0. The Kier molecular flexibility index (Phi) is 52.0. The van der Waals surface area contributed by atoms with Crippen LogP contribution in [0, 0.1) is 0 Å². The third-order valence-corrected chi connectivity index (χ3v) is 9.20. The molecule has 0 N–H and O–H groups in total. The summed E-state index contributed by atoms with van der Waals surface area (Å²) in [6, 6.07) is 0. The number of hydrogen-bond donors (Lipinski definition) is 0. The van der Waals surface area contributed by atoms with E-state index in [-0.39, 0.29) is 48.9 Å². The number of aliphatic carboxylic acids is 2. The molecule has 0 atom stereocenters. The van der Waals surface area contributed by atoms with Gasteiger partial charge < -0.3 is 29.3 Å². The second kappa shape index (κ2) is 49.0. The molecule has 0 aromatic rings. The van der Waals surface area contributed by atoms with Crippen LogP contribution >= 0.6 is 0 Å². The van der Waals surface area contributed by atoms with Gasteiger partial charge in [0.15, 0.2) is 0 Å². The van der Waals surface area contributed by atoms with Crippen molar-refractivity contribution in [1.82, 2.24) is 0 Å². The molecule has 0 amide bonds. The van der Waals surface area contributed by atoms with Gasteiger partial charge in [0, 0.05) is 12.2 Å². The molecule has 9 heteroatoms. The SMILES string of the molecule is CCCCCCCCCCCCCCCCCCOC(=O)/C=C\C(=O)[O-].CCCCCCCCCCCCCCCCCCOC(=O)/C=C\C(=O)[O-].[Ba+2]. The van der Waals surface area contributed by atoms with Crippen molar-refractivity contribution in [3.05, 3.63) is 24.3 Å². The van der Waals surface area contributed by atoms with Gasteiger partial charge in [0.1, 0.15) is 0 Å². The van der Waals surface area contributed by atoms with Crippen LogP contribution in [0.3, 0.4) is 0 Å². The van der Waals surface area contributed by atoms with Crippen LogP contribution in [0.2, 0.25) is 0 Å². The minimum absolute atomic E-state index is 0. The van der Waals surface area contributed by atoms with E-state index in [1.54, 1.807) is 0 Å². The number of rotatable bonds is 38. The van der Waals surface area contributed by atoms with Gasteiger partial charge in [-0.25, -0.2) is 9.59 Å². The Bertz CT molecular complexity index is 803. The van der Waals surface area contributed by atoms with Crippen molar-refractivity contribution in [2.75, 3.05) is 13.2 Å². The van der Waals surface area contributed by atoms with Gasteiger partial charge in [-0.2, -0.15) is 0 Å². The number of hydrogen-bond acceptors (Lipinski definition) is 8. The number of ether oxygens (including phenoxy) is 2.